The van der Waals surface area contributed by atoms with Gasteiger partial charge in [-0.05, 0) is 25.1 Å². The number of amides is 1. The predicted octanol–water partition coefficient (Wildman–Crippen LogP) is 0.583. The summed E-state index contributed by atoms with van der Waals surface area (Å²) >= 11 is 0. The standard InChI is InChI=1S/C18H28N4O2.ClH/c23-18(20-8-13-24-17-4-2-1-3-5-17)15-21-9-11-22(12-10-21)16-6-7-19-14-16;/h1-5,16,19H,6-15H2,(H,20,23);1H. The summed E-state index contributed by atoms with van der Waals surface area (Å²) in [6.45, 7) is 7.87. The normalized spacial score (nSPS) is 21.5. The molecule has 0 saturated carbocycles. The summed E-state index contributed by atoms with van der Waals surface area (Å²) in [5.41, 5.74) is 0. The van der Waals surface area contributed by atoms with E-state index in [1.54, 1.807) is 0 Å². The van der Waals surface area contributed by atoms with Crippen molar-refractivity contribution in [2.45, 2.75) is 12.5 Å². The SMILES string of the molecule is Cl.O=C(CN1CCN(C2CCNC2)CC1)NCCOc1ccccc1. The summed E-state index contributed by atoms with van der Waals surface area (Å²) in [7, 11) is 0. The maximum absolute atomic E-state index is 12.0. The van der Waals surface area contributed by atoms with E-state index in [1.807, 2.05) is 30.3 Å². The monoisotopic (exact) mass is 368 g/mol. The Bertz CT molecular complexity index is 503. The van der Waals surface area contributed by atoms with Crippen LogP contribution in [0.4, 0.5) is 0 Å². The van der Waals surface area contributed by atoms with Crippen molar-refractivity contribution in [1.29, 1.82) is 0 Å². The first-order valence-corrected chi connectivity index (χ1v) is 8.93. The van der Waals surface area contributed by atoms with E-state index in [-0.39, 0.29) is 18.3 Å². The van der Waals surface area contributed by atoms with Crippen LogP contribution in [0, 0.1) is 0 Å². The molecule has 2 N–H and O–H groups in total. The van der Waals surface area contributed by atoms with Crippen LogP contribution in [0.3, 0.4) is 0 Å². The highest BCUT2D eigenvalue weighted by molar-refractivity contribution is 5.85. The van der Waals surface area contributed by atoms with Crippen molar-refractivity contribution in [1.82, 2.24) is 20.4 Å². The van der Waals surface area contributed by atoms with Gasteiger partial charge in [-0.25, -0.2) is 0 Å². The fourth-order valence-corrected chi connectivity index (χ4v) is 3.37. The number of carbonyl (C=O) groups excluding carboxylic acids is 1. The third kappa shape index (κ3) is 6.47. The number of para-hydroxylation sites is 1. The smallest absolute Gasteiger partial charge is 0.234 e. The zero-order valence-corrected chi connectivity index (χ0v) is 15.5. The minimum atomic E-state index is 0. The number of piperazine rings is 1. The molecule has 2 aliphatic rings. The molecule has 1 amide bonds. The van der Waals surface area contributed by atoms with Gasteiger partial charge in [0.2, 0.25) is 5.91 Å². The van der Waals surface area contributed by atoms with Crippen molar-refractivity contribution < 1.29 is 9.53 Å². The first kappa shape index (κ1) is 20.0. The van der Waals surface area contributed by atoms with Crippen LogP contribution in [0.15, 0.2) is 30.3 Å². The van der Waals surface area contributed by atoms with E-state index in [1.165, 1.54) is 6.42 Å². The Kier molecular flexibility index (Phi) is 8.48. The number of ether oxygens (including phenoxy) is 1. The Morgan fingerprint density at radius 3 is 2.64 bits per heavy atom. The van der Waals surface area contributed by atoms with Crippen molar-refractivity contribution in [3.8, 4) is 5.75 Å². The number of nitrogens with one attached hydrogen (secondary N) is 2. The van der Waals surface area contributed by atoms with Gasteiger partial charge in [-0.1, -0.05) is 18.2 Å². The quantitative estimate of drug-likeness (QED) is 0.690. The molecule has 1 aromatic carbocycles. The van der Waals surface area contributed by atoms with Gasteiger partial charge in [0, 0.05) is 38.8 Å². The number of rotatable bonds is 7. The second kappa shape index (κ2) is 10.6. The lowest BCUT2D eigenvalue weighted by Gasteiger charge is -2.37. The van der Waals surface area contributed by atoms with Crippen molar-refractivity contribution >= 4 is 18.3 Å². The van der Waals surface area contributed by atoms with Gasteiger partial charge in [0.15, 0.2) is 0 Å². The van der Waals surface area contributed by atoms with E-state index in [0.717, 1.165) is 45.0 Å². The van der Waals surface area contributed by atoms with Gasteiger partial charge in [0.05, 0.1) is 13.1 Å². The summed E-state index contributed by atoms with van der Waals surface area (Å²) in [5.74, 6) is 0.923. The van der Waals surface area contributed by atoms with Crippen LogP contribution < -0.4 is 15.4 Å². The number of hydrogen-bond acceptors (Lipinski definition) is 5. The zero-order chi connectivity index (χ0) is 16.6. The van der Waals surface area contributed by atoms with Crippen LogP contribution in [0.5, 0.6) is 5.75 Å². The fraction of sp³-hybridized carbons (Fsp3) is 0.611. The number of halogens is 1. The molecule has 2 heterocycles. The second-order valence-electron chi connectivity index (χ2n) is 6.47. The van der Waals surface area contributed by atoms with Crippen LogP contribution in [0.2, 0.25) is 0 Å². The molecule has 2 saturated heterocycles. The summed E-state index contributed by atoms with van der Waals surface area (Å²) < 4.78 is 5.58. The molecule has 3 rings (SSSR count). The van der Waals surface area contributed by atoms with Gasteiger partial charge in [-0.2, -0.15) is 0 Å². The molecular weight excluding hydrogens is 340 g/mol. The first-order chi connectivity index (χ1) is 11.8. The lowest BCUT2D eigenvalue weighted by atomic mass is 10.2. The van der Waals surface area contributed by atoms with Gasteiger partial charge in [-0.15, -0.1) is 12.4 Å². The lowest BCUT2D eigenvalue weighted by molar-refractivity contribution is -0.122. The number of benzene rings is 1. The maximum Gasteiger partial charge on any atom is 0.234 e. The van der Waals surface area contributed by atoms with Crippen molar-refractivity contribution in [2.24, 2.45) is 0 Å². The summed E-state index contributed by atoms with van der Waals surface area (Å²) in [5, 5.41) is 6.36. The predicted molar refractivity (Wildman–Crippen MR) is 101 cm³/mol. The summed E-state index contributed by atoms with van der Waals surface area (Å²) in [6, 6.07) is 10.4. The Morgan fingerprint density at radius 1 is 1.20 bits per heavy atom. The molecule has 0 spiro atoms. The Labute approximate surface area is 156 Å². The van der Waals surface area contributed by atoms with E-state index in [2.05, 4.69) is 20.4 Å². The number of hydrogen-bond donors (Lipinski definition) is 2. The third-order valence-electron chi connectivity index (χ3n) is 4.76. The zero-order valence-electron chi connectivity index (χ0n) is 14.7. The lowest BCUT2D eigenvalue weighted by Crippen LogP contribution is -2.52. The van der Waals surface area contributed by atoms with Gasteiger partial charge in [0.1, 0.15) is 12.4 Å². The average molecular weight is 369 g/mol. The highest BCUT2D eigenvalue weighted by Crippen LogP contribution is 2.11. The molecule has 6 nitrogen and oxygen atoms in total. The molecule has 2 aliphatic heterocycles. The molecule has 25 heavy (non-hydrogen) atoms. The van der Waals surface area contributed by atoms with Gasteiger partial charge >= 0.3 is 0 Å². The maximum atomic E-state index is 12.0. The summed E-state index contributed by atoms with van der Waals surface area (Å²) in [6.07, 6.45) is 1.25. The van der Waals surface area contributed by atoms with E-state index < -0.39 is 0 Å². The van der Waals surface area contributed by atoms with Crippen LogP contribution in [0.25, 0.3) is 0 Å². The van der Waals surface area contributed by atoms with Gasteiger partial charge in [0.25, 0.3) is 0 Å². The largest absolute Gasteiger partial charge is 0.492 e. The van der Waals surface area contributed by atoms with Crippen molar-refractivity contribution in [2.75, 3.05) is 59.0 Å². The van der Waals surface area contributed by atoms with E-state index in [0.29, 0.717) is 25.7 Å². The van der Waals surface area contributed by atoms with Crippen molar-refractivity contribution in [3.63, 3.8) is 0 Å². The number of nitrogens with zero attached hydrogens (tertiary/aromatic N) is 2. The third-order valence-corrected chi connectivity index (χ3v) is 4.76. The molecule has 140 valence electrons. The second-order valence-corrected chi connectivity index (χ2v) is 6.47. The van der Waals surface area contributed by atoms with Crippen molar-refractivity contribution in [3.05, 3.63) is 30.3 Å². The highest BCUT2D eigenvalue weighted by Gasteiger charge is 2.26. The molecule has 7 heteroatoms. The Hall–Kier alpha value is -1.34. The van der Waals surface area contributed by atoms with Crippen LogP contribution in [0.1, 0.15) is 6.42 Å². The van der Waals surface area contributed by atoms with Gasteiger partial charge in [-0.3, -0.25) is 14.6 Å². The van der Waals surface area contributed by atoms with Crippen LogP contribution in [-0.2, 0) is 4.79 Å². The molecule has 0 radical (unpaired) electrons. The molecule has 1 atom stereocenters. The minimum Gasteiger partial charge on any atom is -0.492 e. The Balaban J connectivity index is 0.00000225. The molecule has 0 aromatic heterocycles. The van der Waals surface area contributed by atoms with E-state index in [4.69, 9.17) is 4.74 Å². The average Bonchev–Trinajstić information content (AvgIpc) is 3.15. The van der Waals surface area contributed by atoms with E-state index in [9.17, 15) is 4.79 Å². The molecule has 1 unspecified atom stereocenters. The topological polar surface area (TPSA) is 56.8 Å². The molecular formula is C18H29ClN4O2. The highest BCUT2D eigenvalue weighted by atomic mass is 35.5. The molecule has 0 bridgehead atoms. The molecule has 0 aliphatic carbocycles. The number of carbonyl (C=O) groups is 1. The fourth-order valence-electron chi connectivity index (χ4n) is 3.37. The van der Waals surface area contributed by atoms with Crippen LogP contribution >= 0.6 is 12.4 Å². The molecule has 1 aromatic rings. The van der Waals surface area contributed by atoms with Crippen LogP contribution in [-0.4, -0.2) is 80.7 Å². The summed E-state index contributed by atoms with van der Waals surface area (Å²) in [4.78, 5) is 16.8. The first-order valence-electron chi connectivity index (χ1n) is 8.93. The van der Waals surface area contributed by atoms with Gasteiger partial charge < -0.3 is 15.4 Å². The minimum absolute atomic E-state index is 0. The Morgan fingerprint density at radius 2 is 1.96 bits per heavy atom. The molecule has 2 fully saturated rings. The van der Waals surface area contributed by atoms with E-state index >= 15 is 0 Å².